The maximum Gasteiger partial charge on any atom is 0.261 e. The second kappa shape index (κ2) is 5.98. The van der Waals surface area contributed by atoms with Crippen LogP contribution in [0, 0.1) is 18.3 Å². The first-order valence-corrected chi connectivity index (χ1v) is 8.07. The van der Waals surface area contributed by atoms with Crippen molar-refractivity contribution in [3.63, 3.8) is 0 Å². The summed E-state index contributed by atoms with van der Waals surface area (Å²) in [7, 11) is -3.65. The molecule has 2 rings (SSSR count). The molecule has 108 valence electrons. The van der Waals surface area contributed by atoms with Crippen LogP contribution in [0.3, 0.4) is 0 Å². The normalized spacial score (nSPS) is 10.9. The SMILES string of the molecule is CCc1cccc(C)c1NS(=O)(=O)c1ccc(C#N)cc1. The average molecular weight is 300 g/mol. The number of nitrogens with one attached hydrogen (secondary N) is 1. The zero-order valence-electron chi connectivity index (χ0n) is 11.9. The molecule has 0 aliphatic carbocycles. The van der Waals surface area contributed by atoms with Crippen molar-refractivity contribution in [3.8, 4) is 6.07 Å². The average Bonchev–Trinajstić information content (AvgIpc) is 2.49. The molecule has 4 nitrogen and oxygen atoms in total. The van der Waals surface area contributed by atoms with Crippen molar-refractivity contribution >= 4 is 15.7 Å². The smallest absolute Gasteiger partial charge is 0.261 e. The Bertz CT molecular complexity index is 788. The summed E-state index contributed by atoms with van der Waals surface area (Å²) in [5.41, 5.74) is 2.89. The van der Waals surface area contributed by atoms with Crippen molar-refractivity contribution in [3.05, 3.63) is 59.2 Å². The number of benzene rings is 2. The molecule has 0 aliphatic rings. The van der Waals surface area contributed by atoms with Gasteiger partial charge in [0.05, 0.1) is 22.2 Å². The summed E-state index contributed by atoms with van der Waals surface area (Å²) in [6.07, 6.45) is 0.743. The van der Waals surface area contributed by atoms with Gasteiger partial charge in [-0.05, 0) is 48.7 Å². The minimum absolute atomic E-state index is 0.145. The van der Waals surface area contributed by atoms with Gasteiger partial charge in [-0.25, -0.2) is 8.42 Å². The van der Waals surface area contributed by atoms with E-state index in [1.807, 2.05) is 38.1 Å². The molecule has 0 bridgehead atoms. The van der Waals surface area contributed by atoms with Gasteiger partial charge in [0.2, 0.25) is 0 Å². The first-order valence-electron chi connectivity index (χ1n) is 6.59. The molecule has 0 fully saturated rings. The maximum atomic E-state index is 12.4. The molecule has 0 saturated heterocycles. The molecule has 2 aromatic rings. The summed E-state index contributed by atoms with van der Waals surface area (Å²) in [4.78, 5) is 0.145. The molecule has 1 N–H and O–H groups in total. The lowest BCUT2D eigenvalue weighted by Crippen LogP contribution is -2.15. The van der Waals surface area contributed by atoms with E-state index in [1.54, 1.807) is 0 Å². The van der Waals surface area contributed by atoms with E-state index in [0.29, 0.717) is 11.3 Å². The second-order valence-electron chi connectivity index (χ2n) is 4.70. The fourth-order valence-corrected chi connectivity index (χ4v) is 3.24. The minimum Gasteiger partial charge on any atom is -0.279 e. The highest BCUT2D eigenvalue weighted by Crippen LogP contribution is 2.24. The largest absolute Gasteiger partial charge is 0.279 e. The second-order valence-corrected chi connectivity index (χ2v) is 6.39. The van der Waals surface area contributed by atoms with Gasteiger partial charge in [-0.3, -0.25) is 4.72 Å². The molecule has 0 amide bonds. The number of sulfonamides is 1. The fourth-order valence-electron chi connectivity index (χ4n) is 2.07. The number of hydrogen-bond donors (Lipinski definition) is 1. The molecule has 0 unspecified atom stereocenters. The molecule has 0 saturated carbocycles. The maximum absolute atomic E-state index is 12.4. The number of aryl methyl sites for hydroxylation is 2. The molecule has 0 spiro atoms. The van der Waals surface area contributed by atoms with Crippen LogP contribution in [-0.2, 0) is 16.4 Å². The summed E-state index contributed by atoms with van der Waals surface area (Å²) in [6, 6.07) is 13.5. The van der Waals surface area contributed by atoms with Crippen LogP contribution in [-0.4, -0.2) is 8.42 Å². The Morgan fingerprint density at radius 2 is 1.81 bits per heavy atom. The summed E-state index contributed by atoms with van der Waals surface area (Å²) >= 11 is 0. The predicted octanol–water partition coefficient (Wildman–Crippen LogP) is 3.23. The zero-order valence-corrected chi connectivity index (χ0v) is 12.7. The Hall–Kier alpha value is -2.32. The van der Waals surface area contributed by atoms with E-state index in [-0.39, 0.29) is 4.90 Å². The Morgan fingerprint density at radius 3 is 2.38 bits per heavy atom. The first kappa shape index (κ1) is 15.1. The standard InChI is InChI=1S/C16H16N2O2S/c1-3-14-6-4-5-12(2)16(14)18-21(19,20)15-9-7-13(11-17)8-10-15/h4-10,18H,3H2,1-2H3. The predicted molar refractivity (Wildman–Crippen MR) is 82.5 cm³/mol. The van der Waals surface area contributed by atoms with Gasteiger partial charge in [-0.15, -0.1) is 0 Å². The van der Waals surface area contributed by atoms with Crippen molar-refractivity contribution in [1.29, 1.82) is 5.26 Å². The monoisotopic (exact) mass is 300 g/mol. The van der Waals surface area contributed by atoms with Crippen LogP contribution in [0.1, 0.15) is 23.6 Å². The molecule has 2 aromatic carbocycles. The third kappa shape index (κ3) is 3.23. The van der Waals surface area contributed by atoms with Gasteiger partial charge in [-0.1, -0.05) is 25.1 Å². The van der Waals surface area contributed by atoms with Crippen LogP contribution >= 0.6 is 0 Å². The Morgan fingerprint density at radius 1 is 1.14 bits per heavy atom. The summed E-state index contributed by atoms with van der Waals surface area (Å²) in [5, 5.41) is 8.76. The number of hydrogen-bond acceptors (Lipinski definition) is 3. The van der Waals surface area contributed by atoms with Gasteiger partial charge in [0.15, 0.2) is 0 Å². The molecule has 5 heteroatoms. The van der Waals surface area contributed by atoms with Crippen molar-refractivity contribution in [2.75, 3.05) is 4.72 Å². The van der Waals surface area contributed by atoms with Gasteiger partial charge in [0.25, 0.3) is 10.0 Å². The molecular formula is C16H16N2O2S. The van der Waals surface area contributed by atoms with E-state index in [9.17, 15) is 8.42 Å². The van der Waals surface area contributed by atoms with Crippen molar-refractivity contribution in [2.24, 2.45) is 0 Å². The highest BCUT2D eigenvalue weighted by Gasteiger charge is 2.16. The lowest BCUT2D eigenvalue weighted by Gasteiger charge is -2.14. The topological polar surface area (TPSA) is 70.0 Å². The Kier molecular flexibility index (Phi) is 4.29. The molecular weight excluding hydrogens is 284 g/mol. The summed E-state index contributed by atoms with van der Waals surface area (Å²) in [5.74, 6) is 0. The molecule has 0 aliphatic heterocycles. The van der Waals surface area contributed by atoms with Crippen LogP contribution in [0.5, 0.6) is 0 Å². The highest BCUT2D eigenvalue weighted by molar-refractivity contribution is 7.92. The molecule has 0 radical (unpaired) electrons. The number of para-hydroxylation sites is 1. The Balaban J connectivity index is 2.40. The zero-order chi connectivity index (χ0) is 15.5. The molecule has 0 heterocycles. The van der Waals surface area contributed by atoms with E-state index in [4.69, 9.17) is 5.26 Å². The van der Waals surface area contributed by atoms with Crippen molar-refractivity contribution in [2.45, 2.75) is 25.2 Å². The van der Waals surface area contributed by atoms with Crippen LogP contribution in [0.15, 0.2) is 47.4 Å². The van der Waals surface area contributed by atoms with Crippen LogP contribution in [0.2, 0.25) is 0 Å². The summed E-state index contributed by atoms with van der Waals surface area (Å²) in [6.45, 7) is 3.85. The Labute approximate surface area is 125 Å². The highest BCUT2D eigenvalue weighted by atomic mass is 32.2. The van der Waals surface area contributed by atoms with Crippen LogP contribution < -0.4 is 4.72 Å². The number of nitriles is 1. The lowest BCUT2D eigenvalue weighted by atomic mass is 10.1. The summed E-state index contributed by atoms with van der Waals surface area (Å²) < 4.78 is 27.5. The third-order valence-electron chi connectivity index (χ3n) is 3.27. The fraction of sp³-hybridized carbons (Fsp3) is 0.188. The molecule has 0 aromatic heterocycles. The van der Waals surface area contributed by atoms with Gasteiger partial charge in [-0.2, -0.15) is 5.26 Å². The van der Waals surface area contributed by atoms with Gasteiger partial charge < -0.3 is 0 Å². The van der Waals surface area contributed by atoms with Crippen molar-refractivity contribution < 1.29 is 8.42 Å². The van der Waals surface area contributed by atoms with Gasteiger partial charge in [0, 0.05) is 0 Å². The van der Waals surface area contributed by atoms with Crippen molar-refractivity contribution in [1.82, 2.24) is 0 Å². The molecule has 21 heavy (non-hydrogen) atoms. The van der Waals surface area contributed by atoms with Gasteiger partial charge >= 0.3 is 0 Å². The number of nitrogens with zero attached hydrogens (tertiary/aromatic N) is 1. The van der Waals surface area contributed by atoms with E-state index in [1.165, 1.54) is 24.3 Å². The lowest BCUT2D eigenvalue weighted by molar-refractivity contribution is 0.601. The van der Waals surface area contributed by atoms with E-state index >= 15 is 0 Å². The first-order chi connectivity index (χ1) is 9.97. The third-order valence-corrected chi connectivity index (χ3v) is 4.64. The van der Waals surface area contributed by atoms with E-state index < -0.39 is 10.0 Å². The minimum atomic E-state index is -3.65. The van der Waals surface area contributed by atoms with Crippen LogP contribution in [0.4, 0.5) is 5.69 Å². The quantitative estimate of drug-likeness (QED) is 0.942. The molecule has 0 atom stereocenters. The number of anilines is 1. The van der Waals surface area contributed by atoms with E-state index in [0.717, 1.165) is 17.5 Å². The van der Waals surface area contributed by atoms with Crippen LogP contribution in [0.25, 0.3) is 0 Å². The van der Waals surface area contributed by atoms with E-state index in [2.05, 4.69) is 4.72 Å². The van der Waals surface area contributed by atoms with Gasteiger partial charge in [0.1, 0.15) is 0 Å². The number of rotatable bonds is 4.